The van der Waals surface area contributed by atoms with Crippen LogP contribution in [-0.2, 0) is 16.1 Å². The number of halogens is 1. The molecular weight excluding hydrogens is 382 g/mol. The van der Waals surface area contributed by atoms with Crippen LogP contribution >= 0.6 is 11.6 Å². The van der Waals surface area contributed by atoms with Gasteiger partial charge in [0, 0.05) is 13.0 Å². The van der Waals surface area contributed by atoms with Crippen LogP contribution in [0.15, 0.2) is 30.3 Å². The van der Waals surface area contributed by atoms with Crippen molar-refractivity contribution in [3.8, 4) is 11.5 Å². The van der Waals surface area contributed by atoms with Crippen LogP contribution in [-0.4, -0.2) is 32.6 Å². The summed E-state index contributed by atoms with van der Waals surface area (Å²) in [4.78, 5) is 26.1. The van der Waals surface area contributed by atoms with E-state index >= 15 is 0 Å². The quantitative estimate of drug-likeness (QED) is 0.678. The van der Waals surface area contributed by atoms with E-state index in [2.05, 4.69) is 0 Å². The summed E-state index contributed by atoms with van der Waals surface area (Å²) >= 11 is 6.23. The van der Waals surface area contributed by atoms with Gasteiger partial charge in [-0.25, -0.2) is 4.79 Å². The zero-order valence-electron chi connectivity index (χ0n) is 16.1. The maximum atomic E-state index is 12.5. The summed E-state index contributed by atoms with van der Waals surface area (Å²) in [7, 11) is 3.12. The van der Waals surface area contributed by atoms with E-state index in [1.54, 1.807) is 43.4 Å². The van der Waals surface area contributed by atoms with Crippen molar-refractivity contribution in [3.63, 3.8) is 0 Å². The number of nitrogens with zero attached hydrogens (tertiary/aromatic N) is 1. The Hall–Kier alpha value is -2.73. The Balaban J connectivity index is 1.76. The molecule has 148 valence electrons. The number of ether oxygens (including phenoxy) is 3. The molecule has 3 rings (SSSR count). The first kappa shape index (κ1) is 20.0. The molecule has 0 radical (unpaired) electrons. The molecule has 2 aromatic carbocycles. The van der Waals surface area contributed by atoms with E-state index in [0.29, 0.717) is 40.7 Å². The highest BCUT2D eigenvalue weighted by Crippen LogP contribution is 2.32. The number of esters is 1. The number of benzene rings is 2. The van der Waals surface area contributed by atoms with Gasteiger partial charge in [-0.1, -0.05) is 11.6 Å². The van der Waals surface area contributed by atoms with Crippen LogP contribution in [0.5, 0.6) is 11.5 Å². The fourth-order valence-corrected chi connectivity index (χ4v) is 3.37. The van der Waals surface area contributed by atoms with E-state index in [9.17, 15) is 9.59 Å². The Morgan fingerprint density at radius 2 is 1.86 bits per heavy atom. The van der Waals surface area contributed by atoms with Gasteiger partial charge in [-0.2, -0.15) is 0 Å². The van der Waals surface area contributed by atoms with Gasteiger partial charge in [-0.05, 0) is 54.8 Å². The normalized spacial score (nSPS) is 13.6. The van der Waals surface area contributed by atoms with Gasteiger partial charge in [-0.15, -0.1) is 0 Å². The Morgan fingerprint density at radius 3 is 2.50 bits per heavy atom. The minimum absolute atomic E-state index is 0.00775. The Bertz CT molecular complexity index is 912. The minimum Gasteiger partial charge on any atom is -0.493 e. The van der Waals surface area contributed by atoms with Crippen molar-refractivity contribution in [2.75, 3.05) is 25.7 Å². The van der Waals surface area contributed by atoms with Crippen molar-refractivity contribution in [3.05, 3.63) is 52.0 Å². The molecule has 0 spiro atoms. The molecule has 0 saturated carbocycles. The summed E-state index contributed by atoms with van der Waals surface area (Å²) in [5.74, 6) is 0.709. The van der Waals surface area contributed by atoms with Crippen LogP contribution in [0.2, 0.25) is 5.02 Å². The minimum atomic E-state index is -0.487. The molecule has 0 unspecified atom stereocenters. The van der Waals surface area contributed by atoms with Crippen LogP contribution < -0.4 is 14.4 Å². The molecule has 0 N–H and O–H groups in total. The Morgan fingerprint density at radius 1 is 1.14 bits per heavy atom. The lowest BCUT2D eigenvalue weighted by Gasteiger charge is -2.18. The molecule has 1 amide bonds. The Kier molecular flexibility index (Phi) is 6.09. The van der Waals surface area contributed by atoms with Gasteiger partial charge in [0.2, 0.25) is 5.91 Å². The smallest absolute Gasteiger partial charge is 0.338 e. The topological polar surface area (TPSA) is 65.1 Å². The zero-order chi connectivity index (χ0) is 20.3. The first-order valence-corrected chi connectivity index (χ1v) is 9.31. The number of methoxy groups -OCH3 is 2. The third kappa shape index (κ3) is 4.07. The molecule has 0 bridgehead atoms. The van der Waals surface area contributed by atoms with Gasteiger partial charge in [0.1, 0.15) is 6.61 Å². The summed E-state index contributed by atoms with van der Waals surface area (Å²) in [6.07, 6.45) is 1.27. The number of rotatable bonds is 6. The van der Waals surface area contributed by atoms with Gasteiger partial charge in [0.05, 0.1) is 30.5 Å². The van der Waals surface area contributed by atoms with Crippen molar-refractivity contribution < 1.29 is 23.8 Å². The number of carbonyl (C=O) groups is 2. The van der Waals surface area contributed by atoms with Crippen LogP contribution in [0, 0.1) is 6.92 Å². The second kappa shape index (κ2) is 8.52. The number of hydrogen-bond acceptors (Lipinski definition) is 5. The molecule has 1 saturated heterocycles. The average Bonchev–Trinajstić information content (AvgIpc) is 3.12. The summed E-state index contributed by atoms with van der Waals surface area (Å²) in [5.41, 5.74) is 2.62. The van der Waals surface area contributed by atoms with Crippen LogP contribution in [0.25, 0.3) is 0 Å². The maximum Gasteiger partial charge on any atom is 0.338 e. The van der Waals surface area contributed by atoms with Gasteiger partial charge in [-0.3, -0.25) is 4.79 Å². The van der Waals surface area contributed by atoms with Crippen molar-refractivity contribution in [1.29, 1.82) is 0 Å². The van der Waals surface area contributed by atoms with E-state index in [4.69, 9.17) is 25.8 Å². The second-order valence-electron chi connectivity index (χ2n) is 6.52. The highest BCUT2D eigenvalue weighted by Gasteiger charge is 2.24. The summed E-state index contributed by atoms with van der Waals surface area (Å²) in [6, 6.07) is 8.44. The molecule has 7 heteroatoms. The van der Waals surface area contributed by atoms with Crippen LogP contribution in [0.3, 0.4) is 0 Å². The van der Waals surface area contributed by atoms with E-state index < -0.39 is 5.97 Å². The molecule has 0 aliphatic carbocycles. The van der Waals surface area contributed by atoms with Crippen molar-refractivity contribution >= 4 is 29.2 Å². The molecule has 0 aromatic heterocycles. The first-order valence-electron chi connectivity index (χ1n) is 8.93. The summed E-state index contributed by atoms with van der Waals surface area (Å²) in [6.45, 7) is 2.60. The van der Waals surface area contributed by atoms with Crippen molar-refractivity contribution in [1.82, 2.24) is 0 Å². The fraction of sp³-hybridized carbons (Fsp3) is 0.333. The zero-order valence-corrected chi connectivity index (χ0v) is 16.8. The van der Waals surface area contributed by atoms with Gasteiger partial charge in [0.15, 0.2) is 11.5 Å². The van der Waals surface area contributed by atoms with Crippen LogP contribution in [0.1, 0.15) is 34.3 Å². The van der Waals surface area contributed by atoms with Crippen molar-refractivity contribution in [2.45, 2.75) is 26.4 Å². The van der Waals surface area contributed by atoms with E-state index in [0.717, 1.165) is 17.5 Å². The Labute approximate surface area is 168 Å². The largest absolute Gasteiger partial charge is 0.493 e. The molecule has 1 fully saturated rings. The van der Waals surface area contributed by atoms with E-state index in [1.807, 2.05) is 13.0 Å². The lowest BCUT2D eigenvalue weighted by molar-refractivity contribution is -0.117. The number of carbonyl (C=O) groups excluding carboxylic acids is 2. The average molecular weight is 404 g/mol. The number of hydrogen-bond donors (Lipinski definition) is 0. The third-order valence-electron chi connectivity index (χ3n) is 4.75. The van der Waals surface area contributed by atoms with Crippen LogP contribution in [0.4, 0.5) is 5.69 Å². The first-order chi connectivity index (χ1) is 13.4. The van der Waals surface area contributed by atoms with Gasteiger partial charge in [0.25, 0.3) is 0 Å². The fourth-order valence-electron chi connectivity index (χ4n) is 3.15. The van der Waals surface area contributed by atoms with E-state index in [1.165, 1.54) is 0 Å². The molecule has 1 aliphatic rings. The summed E-state index contributed by atoms with van der Waals surface area (Å²) in [5, 5.41) is 0.433. The predicted octanol–water partition coefficient (Wildman–Crippen LogP) is 4.15. The molecular formula is C21H22ClNO5. The second-order valence-corrected chi connectivity index (χ2v) is 6.93. The molecule has 0 atom stereocenters. The van der Waals surface area contributed by atoms with E-state index in [-0.39, 0.29) is 12.5 Å². The SMILES string of the molecule is COc1cc(C)c(COC(=O)c2ccc(Cl)c(N3CCCC3=O)c2)cc1OC. The predicted molar refractivity (Wildman–Crippen MR) is 106 cm³/mol. The molecule has 1 aliphatic heterocycles. The number of amides is 1. The molecule has 28 heavy (non-hydrogen) atoms. The lowest BCUT2D eigenvalue weighted by atomic mass is 10.1. The molecule has 2 aromatic rings. The number of anilines is 1. The molecule has 6 nitrogen and oxygen atoms in total. The molecule has 1 heterocycles. The van der Waals surface area contributed by atoms with Gasteiger partial charge >= 0.3 is 5.97 Å². The maximum absolute atomic E-state index is 12.5. The highest BCUT2D eigenvalue weighted by molar-refractivity contribution is 6.34. The summed E-state index contributed by atoms with van der Waals surface area (Å²) < 4.78 is 16.0. The lowest BCUT2D eigenvalue weighted by Crippen LogP contribution is -2.24. The highest BCUT2D eigenvalue weighted by atomic mass is 35.5. The number of aryl methyl sites for hydroxylation is 1. The third-order valence-corrected chi connectivity index (χ3v) is 5.07. The van der Waals surface area contributed by atoms with Crippen molar-refractivity contribution in [2.24, 2.45) is 0 Å². The van der Waals surface area contributed by atoms with Gasteiger partial charge < -0.3 is 19.1 Å². The monoisotopic (exact) mass is 403 g/mol. The standard InChI is InChI=1S/C21H22ClNO5/c1-13-9-18(26-2)19(27-3)11-15(13)12-28-21(25)14-6-7-16(22)17(10-14)23-8-4-5-20(23)24/h6-7,9-11H,4-5,8,12H2,1-3H3.